The Kier molecular flexibility index (Phi) is 17.7. The van der Waals surface area contributed by atoms with Crippen LogP contribution in [-0.2, 0) is 28.6 Å². The van der Waals surface area contributed by atoms with Crippen LogP contribution in [0.5, 0.6) is 0 Å². The van der Waals surface area contributed by atoms with E-state index in [4.69, 9.17) is 0 Å². The van der Waals surface area contributed by atoms with Crippen LogP contribution < -0.4 is 0 Å². The molecule has 594 valence electrons. The van der Waals surface area contributed by atoms with Crippen molar-refractivity contribution < 1.29 is 226 Å². The van der Waals surface area contributed by atoms with E-state index in [1.165, 1.54) is 0 Å². The van der Waals surface area contributed by atoms with E-state index in [1.807, 2.05) is 0 Å². The molecule has 0 saturated heterocycles. The van der Waals surface area contributed by atoms with Crippen molar-refractivity contribution in [2.45, 2.75) is 256 Å². The third kappa shape index (κ3) is 8.15. The van der Waals surface area contributed by atoms with Crippen LogP contribution in [0.2, 0.25) is 0 Å². The summed E-state index contributed by atoms with van der Waals surface area (Å²) in [6, 6.07) is 0. The fourth-order valence-corrected chi connectivity index (χ4v) is 14.8. The average molecular weight is 1600 g/mol. The highest BCUT2D eigenvalue weighted by Gasteiger charge is 3.16. The standard InChI is InChI=1S/3C17H13F15O2/c1-5-3-6(12(22,23)10(20,4-5)9(2,18)19)34-8(33)7-11(21)15(27,28)14(26,13(7,24)25)17(31,32)16(11,29)30;1-3-5-4-6(12(22,23)9(2,18)11(5,20)21)34-8(33)7-10(19)15(27,28)14(26,13(7,24)25)17(31,32)16(10,29)30;1-3-5-4-6(12(22,23)10(5,20)9(2,18)19)7(33)34-8-11(21)15(27,28)14(26,13(8,24)25)17(31,32)16(11,29)30/h2*5-7H,3-4H2,1-2H3;5-6,8H,3-4H2,1-2H3. The number of rotatable bonds is 10. The summed E-state index contributed by atoms with van der Waals surface area (Å²) in [5.74, 6) is -145. The summed E-state index contributed by atoms with van der Waals surface area (Å²) in [5, 5.41) is 0. The normalized spacial score (nSPS) is 46.0. The zero-order chi connectivity index (χ0) is 80.8. The van der Waals surface area contributed by atoms with Crippen molar-refractivity contribution in [2.24, 2.45) is 35.5 Å². The first-order chi connectivity index (χ1) is 44.4. The van der Waals surface area contributed by atoms with E-state index >= 15 is 0 Å². The van der Waals surface area contributed by atoms with Gasteiger partial charge in [-0.15, -0.1) is 0 Å². The van der Waals surface area contributed by atoms with Gasteiger partial charge in [-0.2, -0.15) is 105 Å². The van der Waals surface area contributed by atoms with Crippen LogP contribution in [0.4, 0.5) is 198 Å². The van der Waals surface area contributed by atoms with Gasteiger partial charge in [0.05, 0.1) is 0 Å². The summed E-state index contributed by atoms with van der Waals surface area (Å²) in [6.45, 7) is 1.53. The molecule has 9 fully saturated rings. The molecule has 0 aromatic rings. The molecule has 0 aliphatic heterocycles. The summed E-state index contributed by atoms with van der Waals surface area (Å²) in [5.41, 5.74) is -55.7. The predicted molar refractivity (Wildman–Crippen MR) is 236 cm³/mol. The Morgan fingerprint density at radius 1 is 0.353 bits per heavy atom. The van der Waals surface area contributed by atoms with Gasteiger partial charge in [0, 0.05) is 25.7 Å². The first-order valence-electron chi connectivity index (χ1n) is 28.0. The molecule has 0 N–H and O–H groups in total. The summed E-state index contributed by atoms with van der Waals surface area (Å²) in [7, 11) is 0. The molecule has 9 aliphatic carbocycles. The number of esters is 3. The third-order valence-corrected chi connectivity index (χ3v) is 20.8. The van der Waals surface area contributed by atoms with E-state index in [1.54, 1.807) is 0 Å². The van der Waals surface area contributed by atoms with Gasteiger partial charge in [-0.3, -0.25) is 14.4 Å². The maximum atomic E-state index is 14.8. The van der Waals surface area contributed by atoms with Crippen LogP contribution in [0.25, 0.3) is 0 Å². The van der Waals surface area contributed by atoms with Gasteiger partial charge < -0.3 is 14.2 Å². The lowest BCUT2D eigenvalue weighted by atomic mass is 9.71. The molecule has 9 saturated carbocycles. The second kappa shape index (κ2) is 21.4. The fraction of sp³-hybridized carbons (Fsp3) is 0.941. The second-order valence-electron chi connectivity index (χ2n) is 26.2. The van der Waals surface area contributed by atoms with Crippen molar-refractivity contribution in [2.75, 3.05) is 0 Å². The highest BCUT2D eigenvalue weighted by Crippen LogP contribution is 2.84. The van der Waals surface area contributed by atoms with Crippen LogP contribution in [0.1, 0.15) is 80.1 Å². The van der Waals surface area contributed by atoms with Crippen LogP contribution in [0, 0.1) is 35.5 Å². The molecule has 6 nitrogen and oxygen atoms in total. The molecule has 6 bridgehead atoms. The number of ether oxygens (including phenoxy) is 3. The topological polar surface area (TPSA) is 78.9 Å². The zero-order valence-corrected chi connectivity index (χ0v) is 49.9. The molecule has 0 aromatic heterocycles. The minimum absolute atomic E-state index is 0.339. The van der Waals surface area contributed by atoms with E-state index in [0.29, 0.717) is 0 Å². The van der Waals surface area contributed by atoms with Gasteiger partial charge in [0.2, 0.25) is 23.1 Å². The van der Waals surface area contributed by atoms with Gasteiger partial charge in [-0.05, 0) is 51.4 Å². The highest BCUT2D eigenvalue weighted by molar-refractivity contribution is 5.81. The molecule has 0 heterocycles. The lowest BCUT2D eigenvalue weighted by molar-refractivity contribution is -0.362. The number of carbonyl (C=O) groups is 3. The number of halogens is 45. The van der Waals surface area contributed by atoms with Crippen LogP contribution in [-0.4, -0.2) is 194 Å². The molecule has 18 atom stereocenters. The molecule has 0 aromatic carbocycles. The molecular formula is C51H39F45O6. The molecule has 18 unspecified atom stereocenters. The average Bonchev–Trinajstić information content (AvgIpc) is 1.46. The zero-order valence-electron chi connectivity index (χ0n) is 49.9. The second-order valence-corrected chi connectivity index (χ2v) is 26.2. The Morgan fingerprint density at radius 3 is 0.980 bits per heavy atom. The Balaban J connectivity index is 0.000000214. The SMILES string of the molecule is CC1CC(OC(=O)C2C(F)(F)C3(F)C(F)(F)C(F)(F)C2(F)C3(F)F)C(F)(F)C(F)(C(C)(F)F)C1.CCC1CC(C(=O)OC2C(F)(F)C3(F)C(F)(F)C(F)(F)C2(F)C3(F)F)C(F)(F)C1(F)C(C)(F)F.CCC1CC(OC(=O)C2C(F)(F)C3(F)C(F)(F)C(F)(F)C2(F)C3(F)F)C(F)(F)C(C)(F)C1(F)F. The summed E-state index contributed by atoms with van der Waals surface area (Å²) in [6.07, 6.45) is -20.2. The van der Waals surface area contributed by atoms with Crippen LogP contribution in [0.15, 0.2) is 0 Å². The van der Waals surface area contributed by atoms with Gasteiger partial charge in [0.1, 0.15) is 5.92 Å². The molecule has 9 aliphatic rings. The van der Waals surface area contributed by atoms with Crippen molar-refractivity contribution in [3.63, 3.8) is 0 Å². The van der Waals surface area contributed by atoms with E-state index in [2.05, 4.69) is 14.2 Å². The van der Waals surface area contributed by atoms with E-state index < -0.39 is 275 Å². The lowest BCUT2D eigenvalue weighted by Gasteiger charge is -2.48. The maximum absolute atomic E-state index is 14.8. The van der Waals surface area contributed by atoms with E-state index in [9.17, 15) is 212 Å². The van der Waals surface area contributed by atoms with Crippen molar-refractivity contribution >= 4 is 17.9 Å². The summed E-state index contributed by atoms with van der Waals surface area (Å²) in [4.78, 5) is 36.2. The lowest BCUT2D eigenvalue weighted by Crippen LogP contribution is -2.72. The smallest absolute Gasteiger partial charge is 0.359 e. The quantitative estimate of drug-likeness (QED) is 0.123. The maximum Gasteiger partial charge on any atom is 0.359 e. The van der Waals surface area contributed by atoms with Gasteiger partial charge >= 0.3 is 124 Å². The first-order valence-corrected chi connectivity index (χ1v) is 28.0. The largest absolute Gasteiger partial charge is 0.455 e. The summed E-state index contributed by atoms with van der Waals surface area (Å²) < 4.78 is 646. The molecule has 0 spiro atoms. The first kappa shape index (κ1) is 84.5. The molecule has 0 radical (unpaired) electrons. The molecular weight excluding hydrogens is 1560 g/mol. The Hall–Kier alpha value is -4.74. The van der Waals surface area contributed by atoms with Gasteiger partial charge in [0.15, 0.2) is 24.0 Å². The van der Waals surface area contributed by atoms with Gasteiger partial charge in [-0.25, -0.2) is 92.2 Å². The number of alkyl halides is 45. The van der Waals surface area contributed by atoms with E-state index in [0.717, 1.165) is 20.8 Å². The molecule has 9 rings (SSSR count). The van der Waals surface area contributed by atoms with E-state index in [-0.39, 0.29) is 13.8 Å². The minimum atomic E-state index is -7.10. The Morgan fingerprint density at radius 2 is 0.676 bits per heavy atom. The number of fused-ring (bicyclic) bond motifs is 6. The van der Waals surface area contributed by atoms with Crippen molar-refractivity contribution in [1.82, 2.24) is 0 Å². The third-order valence-electron chi connectivity index (χ3n) is 20.8. The summed E-state index contributed by atoms with van der Waals surface area (Å²) >= 11 is 0. The molecule has 0 amide bonds. The molecule has 51 heteroatoms. The number of hydrogen-bond donors (Lipinski definition) is 0. The fourth-order valence-electron chi connectivity index (χ4n) is 14.8. The number of carbonyl (C=O) groups excluding carboxylic acids is 3. The Labute approximate surface area is 535 Å². The Bertz CT molecular complexity index is 3290. The monoisotopic (exact) mass is 1600 g/mol. The van der Waals surface area contributed by atoms with Crippen molar-refractivity contribution in [3.05, 3.63) is 0 Å². The van der Waals surface area contributed by atoms with Crippen LogP contribution in [0.3, 0.4) is 0 Å². The predicted octanol–water partition coefficient (Wildman–Crippen LogP) is 17.8. The molecule has 102 heavy (non-hydrogen) atoms. The minimum Gasteiger partial charge on any atom is -0.455 e. The number of hydrogen-bond acceptors (Lipinski definition) is 6. The van der Waals surface area contributed by atoms with Crippen molar-refractivity contribution in [1.29, 1.82) is 0 Å². The van der Waals surface area contributed by atoms with Crippen molar-refractivity contribution in [3.8, 4) is 0 Å². The van der Waals surface area contributed by atoms with Gasteiger partial charge in [-0.1, -0.05) is 20.8 Å². The highest BCUT2D eigenvalue weighted by atomic mass is 19.4. The van der Waals surface area contributed by atoms with Gasteiger partial charge in [0.25, 0.3) is 34.8 Å². The van der Waals surface area contributed by atoms with Crippen LogP contribution >= 0.6 is 0 Å².